The van der Waals surface area contributed by atoms with E-state index in [9.17, 15) is 0 Å². The molecule has 0 amide bonds. The Kier molecular flexibility index (Phi) is 3.46. The average Bonchev–Trinajstić information content (AvgIpc) is 2.11. The summed E-state index contributed by atoms with van der Waals surface area (Å²) in [6.45, 7) is 13.2. The van der Waals surface area contributed by atoms with Crippen molar-refractivity contribution in [3.8, 4) is 0 Å². The lowest BCUT2D eigenvalue weighted by Crippen LogP contribution is -2.42. The molecule has 0 aliphatic carbocycles. The minimum atomic E-state index is 0.222. The Morgan fingerprint density at radius 3 is 2.64 bits per heavy atom. The van der Waals surface area contributed by atoms with Gasteiger partial charge >= 0.3 is 0 Å². The molecule has 0 N–H and O–H groups in total. The largest absolute Gasteiger partial charge is 0.379 e. The van der Waals surface area contributed by atoms with E-state index in [4.69, 9.17) is 4.74 Å². The Morgan fingerprint density at radius 2 is 2.14 bits per heavy atom. The number of ether oxygens (including phenoxy) is 1. The van der Waals surface area contributed by atoms with Gasteiger partial charge in [-0.05, 0) is 29.7 Å². The van der Waals surface area contributed by atoms with Gasteiger partial charge in [-0.1, -0.05) is 34.3 Å². The van der Waals surface area contributed by atoms with Crippen molar-refractivity contribution in [1.82, 2.24) is 0 Å². The molecule has 1 unspecified atom stereocenters. The summed E-state index contributed by atoms with van der Waals surface area (Å²) in [5.41, 5.74) is 1.51. The van der Waals surface area contributed by atoms with E-state index in [0.29, 0.717) is 11.9 Å². The highest BCUT2D eigenvalue weighted by molar-refractivity contribution is 6.11. The zero-order valence-electron chi connectivity index (χ0n) is 10.3. The smallest absolute Gasteiger partial charge is 0.139 e. The summed E-state index contributed by atoms with van der Waals surface area (Å²) in [5.74, 6) is 0.606. The van der Waals surface area contributed by atoms with Gasteiger partial charge < -0.3 is 4.74 Å². The highest BCUT2D eigenvalue weighted by Crippen LogP contribution is 2.39. The fourth-order valence-corrected chi connectivity index (χ4v) is 2.15. The molecule has 1 fully saturated rings. The Balaban J connectivity index is 2.81. The highest BCUT2D eigenvalue weighted by Gasteiger charge is 2.37. The van der Waals surface area contributed by atoms with Crippen LogP contribution in [-0.2, 0) is 4.74 Å². The molecule has 1 saturated heterocycles. The van der Waals surface area contributed by atoms with Gasteiger partial charge in [0.05, 0.1) is 6.10 Å². The van der Waals surface area contributed by atoms with Gasteiger partial charge in [-0.25, -0.2) is 0 Å². The predicted molar refractivity (Wildman–Crippen MR) is 64.2 cm³/mol. The molecule has 1 aliphatic rings. The summed E-state index contributed by atoms with van der Waals surface area (Å²) in [6, 6.07) is 0.381. The Hall–Kier alpha value is -0.235. The van der Waals surface area contributed by atoms with Crippen molar-refractivity contribution in [3.63, 3.8) is 0 Å². The second kappa shape index (κ2) is 4.10. The lowest BCUT2D eigenvalue weighted by molar-refractivity contribution is -0.0518. The van der Waals surface area contributed by atoms with E-state index < -0.39 is 0 Å². The van der Waals surface area contributed by atoms with Gasteiger partial charge in [-0.15, -0.1) is 0 Å². The first-order valence-electron chi connectivity index (χ1n) is 5.72. The van der Waals surface area contributed by atoms with E-state index in [2.05, 4.69) is 42.1 Å². The summed E-state index contributed by atoms with van der Waals surface area (Å²) in [4.78, 5) is 0. The van der Waals surface area contributed by atoms with Crippen molar-refractivity contribution in [2.75, 3.05) is 0 Å². The van der Waals surface area contributed by atoms with E-state index >= 15 is 0 Å². The van der Waals surface area contributed by atoms with Gasteiger partial charge in [0.2, 0.25) is 0 Å². The third-order valence-electron chi connectivity index (χ3n) is 3.64. The first-order valence-corrected chi connectivity index (χ1v) is 5.72. The minimum absolute atomic E-state index is 0.222. The normalized spacial score (nSPS) is 34.6. The molecule has 3 atom stereocenters. The van der Waals surface area contributed by atoms with Crippen molar-refractivity contribution >= 4 is 7.85 Å². The molecule has 14 heavy (non-hydrogen) atoms. The Labute approximate surface area is 89.3 Å². The molecule has 0 aromatic rings. The monoisotopic (exact) mass is 194 g/mol. The zero-order valence-corrected chi connectivity index (χ0v) is 10.3. The SMILES string of the molecule is B[C@H]1C[C@@H](C)C(=C)C(C(C)(C)CC)O1. The lowest BCUT2D eigenvalue weighted by atomic mass is 9.72. The molecule has 0 saturated carbocycles. The zero-order chi connectivity index (χ0) is 10.9. The quantitative estimate of drug-likeness (QED) is 0.484. The molecule has 1 heterocycles. The van der Waals surface area contributed by atoms with Crippen LogP contribution in [0.2, 0.25) is 0 Å². The van der Waals surface area contributed by atoms with Gasteiger partial charge in [0.25, 0.3) is 0 Å². The molecule has 0 bridgehead atoms. The molecule has 80 valence electrons. The maximum atomic E-state index is 6.03. The van der Waals surface area contributed by atoms with E-state index in [1.807, 2.05) is 0 Å². The summed E-state index contributed by atoms with van der Waals surface area (Å²) in [5, 5.41) is 0. The molecular weight excluding hydrogens is 171 g/mol. The van der Waals surface area contributed by atoms with Gasteiger partial charge in [0.1, 0.15) is 7.85 Å². The average molecular weight is 194 g/mol. The van der Waals surface area contributed by atoms with Gasteiger partial charge in [0, 0.05) is 6.00 Å². The van der Waals surface area contributed by atoms with Crippen LogP contribution >= 0.6 is 0 Å². The van der Waals surface area contributed by atoms with E-state index in [1.165, 1.54) is 5.57 Å². The van der Waals surface area contributed by atoms with Crippen molar-refractivity contribution in [2.24, 2.45) is 11.3 Å². The van der Waals surface area contributed by atoms with Crippen LogP contribution in [0.4, 0.5) is 0 Å². The molecule has 0 aromatic heterocycles. The molecule has 0 spiro atoms. The summed E-state index contributed by atoms with van der Waals surface area (Å²) < 4.78 is 6.03. The first kappa shape index (κ1) is 11.8. The second-order valence-corrected chi connectivity index (χ2v) is 5.38. The Bertz CT molecular complexity index is 222. The van der Waals surface area contributed by atoms with E-state index in [1.54, 1.807) is 0 Å². The highest BCUT2D eigenvalue weighted by atomic mass is 16.5. The standard InChI is InChI=1S/C12H23BO/c1-6-12(4,5)11-9(3)8(2)7-10(13)14-11/h8,10-11H,3,6-7,13H2,1-2,4-5H3/t8-,10-,11?/m1/s1. The predicted octanol–water partition coefficient (Wildman–Crippen LogP) is 2.36. The third kappa shape index (κ3) is 2.22. The van der Waals surface area contributed by atoms with Crippen molar-refractivity contribution in [3.05, 3.63) is 12.2 Å². The molecular formula is C12H23BO. The van der Waals surface area contributed by atoms with Crippen molar-refractivity contribution < 1.29 is 4.74 Å². The Morgan fingerprint density at radius 1 is 1.57 bits per heavy atom. The van der Waals surface area contributed by atoms with Crippen LogP contribution in [0.1, 0.15) is 40.5 Å². The second-order valence-electron chi connectivity index (χ2n) is 5.38. The van der Waals surface area contributed by atoms with Crippen LogP contribution in [0.3, 0.4) is 0 Å². The summed E-state index contributed by atoms with van der Waals surface area (Å²) in [7, 11) is 2.17. The van der Waals surface area contributed by atoms with Crippen LogP contribution in [0.5, 0.6) is 0 Å². The van der Waals surface area contributed by atoms with Gasteiger partial charge in [0.15, 0.2) is 0 Å². The molecule has 1 aliphatic heterocycles. The van der Waals surface area contributed by atoms with E-state index in [0.717, 1.165) is 12.8 Å². The first-order chi connectivity index (χ1) is 6.38. The van der Waals surface area contributed by atoms with Crippen LogP contribution < -0.4 is 0 Å². The van der Waals surface area contributed by atoms with Crippen molar-refractivity contribution in [1.29, 1.82) is 0 Å². The fourth-order valence-electron chi connectivity index (χ4n) is 2.15. The summed E-state index contributed by atoms with van der Waals surface area (Å²) >= 11 is 0. The summed E-state index contributed by atoms with van der Waals surface area (Å²) in [6.07, 6.45) is 2.50. The lowest BCUT2D eigenvalue weighted by Gasteiger charge is -2.43. The molecule has 1 rings (SSSR count). The van der Waals surface area contributed by atoms with Crippen LogP contribution in [0.15, 0.2) is 12.2 Å². The van der Waals surface area contributed by atoms with E-state index in [-0.39, 0.29) is 11.5 Å². The molecule has 2 heteroatoms. The molecule has 1 nitrogen and oxygen atoms in total. The van der Waals surface area contributed by atoms with Crippen LogP contribution in [0, 0.1) is 11.3 Å². The van der Waals surface area contributed by atoms with Crippen LogP contribution in [0.25, 0.3) is 0 Å². The minimum Gasteiger partial charge on any atom is -0.379 e. The number of hydrogen-bond acceptors (Lipinski definition) is 1. The maximum absolute atomic E-state index is 6.03. The molecule has 0 radical (unpaired) electrons. The molecule has 0 aromatic carbocycles. The van der Waals surface area contributed by atoms with Gasteiger partial charge in [-0.2, -0.15) is 0 Å². The maximum Gasteiger partial charge on any atom is 0.139 e. The van der Waals surface area contributed by atoms with Crippen LogP contribution in [-0.4, -0.2) is 20.0 Å². The number of rotatable bonds is 2. The van der Waals surface area contributed by atoms with Gasteiger partial charge in [-0.3, -0.25) is 0 Å². The third-order valence-corrected chi connectivity index (χ3v) is 3.64. The topological polar surface area (TPSA) is 9.23 Å². The number of hydrogen-bond donors (Lipinski definition) is 0. The fraction of sp³-hybridized carbons (Fsp3) is 0.833. The van der Waals surface area contributed by atoms with Crippen molar-refractivity contribution in [2.45, 2.75) is 52.6 Å².